The van der Waals surface area contributed by atoms with Gasteiger partial charge in [-0.25, -0.2) is 0 Å². The van der Waals surface area contributed by atoms with E-state index < -0.39 is 0 Å². The molecule has 1 saturated carbocycles. The van der Waals surface area contributed by atoms with Crippen LogP contribution in [-0.2, 0) is 4.74 Å². The highest BCUT2D eigenvalue weighted by Gasteiger charge is 2.58. The van der Waals surface area contributed by atoms with Gasteiger partial charge in [0.25, 0.3) is 0 Å². The van der Waals surface area contributed by atoms with Gasteiger partial charge in [-0.15, -0.1) is 0 Å². The predicted octanol–water partition coefficient (Wildman–Crippen LogP) is 1.54. The topological polar surface area (TPSA) is 54.5 Å². The van der Waals surface area contributed by atoms with Crippen molar-refractivity contribution in [1.82, 2.24) is 4.90 Å². The van der Waals surface area contributed by atoms with Gasteiger partial charge >= 0.3 is 0 Å². The van der Waals surface area contributed by atoms with Gasteiger partial charge in [-0.1, -0.05) is 12.1 Å². The molecule has 4 rings (SSSR count). The quantitative estimate of drug-likeness (QED) is 0.840. The number of likely N-dealkylation sites (tertiary alicyclic amines) is 1. The Morgan fingerprint density at radius 2 is 1.77 bits per heavy atom. The lowest BCUT2D eigenvalue weighted by atomic mass is 9.83. The van der Waals surface area contributed by atoms with Crippen LogP contribution in [0.2, 0.25) is 0 Å². The van der Waals surface area contributed by atoms with Gasteiger partial charge in [0.15, 0.2) is 11.5 Å². The molecule has 5 heteroatoms. The summed E-state index contributed by atoms with van der Waals surface area (Å²) in [7, 11) is 5.40. The average Bonchev–Trinajstić information content (AvgIpc) is 3.28. The van der Waals surface area contributed by atoms with Gasteiger partial charge in [0.1, 0.15) is 6.10 Å². The summed E-state index contributed by atoms with van der Waals surface area (Å²) in [5.74, 6) is 2.25. The molecule has 5 nitrogen and oxygen atoms in total. The summed E-state index contributed by atoms with van der Waals surface area (Å²) >= 11 is 0. The van der Waals surface area contributed by atoms with Crippen LogP contribution in [0.25, 0.3) is 0 Å². The maximum Gasteiger partial charge on any atom is 0.160 e. The molecule has 0 bridgehead atoms. The standard InChI is InChI=1S/C9H15NO2.C8H10O2/c1-10-3-2-5-6(10)4-7(11)9-8(5)12-9;1-9-7-5-3-4-6-8(7)10-2/h5-9,11H,2-4H2,1H3;3-6H,1-2H3. The van der Waals surface area contributed by atoms with Crippen LogP contribution in [0.15, 0.2) is 24.3 Å². The molecule has 2 aliphatic heterocycles. The van der Waals surface area contributed by atoms with Crippen LogP contribution in [0, 0.1) is 5.92 Å². The zero-order valence-corrected chi connectivity index (χ0v) is 13.4. The van der Waals surface area contributed by atoms with Gasteiger partial charge in [-0.3, -0.25) is 0 Å². The molecule has 1 aromatic rings. The lowest BCUT2D eigenvalue weighted by Crippen LogP contribution is -2.41. The Morgan fingerprint density at radius 3 is 2.36 bits per heavy atom. The fraction of sp³-hybridized carbons (Fsp3) is 0.647. The maximum absolute atomic E-state index is 9.63. The number of para-hydroxylation sites is 2. The van der Waals surface area contributed by atoms with Gasteiger partial charge in [0.2, 0.25) is 0 Å². The molecule has 0 aromatic heterocycles. The first kappa shape index (κ1) is 15.6. The Labute approximate surface area is 131 Å². The van der Waals surface area contributed by atoms with Crippen molar-refractivity contribution in [2.45, 2.75) is 37.2 Å². The van der Waals surface area contributed by atoms with Crippen molar-refractivity contribution >= 4 is 0 Å². The van der Waals surface area contributed by atoms with Crippen molar-refractivity contribution in [2.75, 3.05) is 27.8 Å². The number of aliphatic hydroxyl groups excluding tert-OH is 1. The first-order chi connectivity index (χ1) is 10.7. The number of methoxy groups -OCH3 is 2. The minimum atomic E-state index is -0.197. The Hall–Kier alpha value is -1.30. The van der Waals surface area contributed by atoms with Crippen LogP contribution in [-0.4, -0.2) is 62.2 Å². The number of epoxide rings is 1. The van der Waals surface area contributed by atoms with Gasteiger partial charge in [-0.05, 0) is 38.6 Å². The number of nitrogens with zero attached hydrogens (tertiary/aromatic N) is 1. The van der Waals surface area contributed by atoms with E-state index in [0.29, 0.717) is 18.1 Å². The number of aliphatic hydroxyl groups is 1. The summed E-state index contributed by atoms with van der Waals surface area (Å²) in [6.07, 6.45) is 2.57. The summed E-state index contributed by atoms with van der Waals surface area (Å²) in [4.78, 5) is 2.37. The van der Waals surface area contributed by atoms with E-state index in [4.69, 9.17) is 14.2 Å². The van der Waals surface area contributed by atoms with Crippen molar-refractivity contribution in [2.24, 2.45) is 5.92 Å². The monoisotopic (exact) mass is 307 g/mol. The molecule has 5 atom stereocenters. The molecule has 2 saturated heterocycles. The van der Waals surface area contributed by atoms with Crippen molar-refractivity contribution in [3.05, 3.63) is 24.3 Å². The largest absolute Gasteiger partial charge is 0.493 e. The average molecular weight is 307 g/mol. The third-order valence-corrected chi connectivity index (χ3v) is 5.01. The van der Waals surface area contributed by atoms with Crippen LogP contribution in [0.4, 0.5) is 0 Å². The van der Waals surface area contributed by atoms with Gasteiger partial charge in [0.05, 0.1) is 26.4 Å². The minimum Gasteiger partial charge on any atom is -0.493 e. The molecule has 22 heavy (non-hydrogen) atoms. The highest BCUT2D eigenvalue weighted by atomic mass is 16.6. The Morgan fingerprint density at radius 1 is 1.14 bits per heavy atom. The molecule has 1 aromatic carbocycles. The van der Waals surface area contributed by atoms with Crippen LogP contribution >= 0.6 is 0 Å². The molecule has 5 unspecified atom stereocenters. The van der Waals surface area contributed by atoms with E-state index in [0.717, 1.165) is 17.9 Å². The van der Waals surface area contributed by atoms with E-state index in [1.165, 1.54) is 13.0 Å². The minimum absolute atomic E-state index is 0.192. The van der Waals surface area contributed by atoms with E-state index in [1.54, 1.807) is 14.2 Å². The maximum atomic E-state index is 9.63. The number of hydrogen-bond donors (Lipinski definition) is 1. The number of rotatable bonds is 2. The zero-order chi connectivity index (χ0) is 15.7. The molecular weight excluding hydrogens is 282 g/mol. The number of fused-ring (bicyclic) bond motifs is 3. The van der Waals surface area contributed by atoms with Gasteiger partial charge in [-0.2, -0.15) is 0 Å². The second kappa shape index (κ2) is 6.44. The molecule has 1 aliphatic carbocycles. The first-order valence-electron chi connectivity index (χ1n) is 7.86. The van der Waals surface area contributed by atoms with Crippen molar-refractivity contribution < 1.29 is 19.3 Å². The third kappa shape index (κ3) is 2.93. The summed E-state index contributed by atoms with van der Waals surface area (Å²) in [6, 6.07) is 8.11. The molecule has 0 amide bonds. The van der Waals surface area contributed by atoms with Crippen LogP contribution in [0.3, 0.4) is 0 Å². The fourth-order valence-electron chi connectivity index (χ4n) is 3.73. The van der Waals surface area contributed by atoms with Crippen molar-refractivity contribution in [3.8, 4) is 11.5 Å². The highest BCUT2D eigenvalue weighted by Crippen LogP contribution is 2.46. The summed E-state index contributed by atoms with van der Waals surface area (Å²) in [5, 5.41) is 9.63. The fourth-order valence-corrected chi connectivity index (χ4v) is 3.73. The molecule has 3 aliphatic rings. The van der Waals surface area contributed by atoms with Crippen LogP contribution in [0.5, 0.6) is 11.5 Å². The van der Waals surface area contributed by atoms with Crippen LogP contribution in [0.1, 0.15) is 12.8 Å². The SMILES string of the molecule is CN1CCC2C3OC3C(O)CC21.COc1ccccc1OC. The second-order valence-electron chi connectivity index (χ2n) is 6.22. The van der Waals surface area contributed by atoms with E-state index in [1.807, 2.05) is 24.3 Å². The Kier molecular flexibility index (Phi) is 4.57. The normalized spacial score (nSPS) is 35.7. The molecule has 0 spiro atoms. The smallest absolute Gasteiger partial charge is 0.160 e. The summed E-state index contributed by atoms with van der Waals surface area (Å²) in [6.45, 7) is 1.18. The molecule has 2 heterocycles. The first-order valence-corrected chi connectivity index (χ1v) is 7.86. The number of benzene rings is 1. The number of hydrogen-bond acceptors (Lipinski definition) is 5. The molecule has 1 N–H and O–H groups in total. The molecule has 3 fully saturated rings. The highest BCUT2D eigenvalue weighted by molar-refractivity contribution is 5.39. The lowest BCUT2D eigenvalue weighted by Gasteiger charge is -2.29. The van der Waals surface area contributed by atoms with E-state index in [9.17, 15) is 5.11 Å². The second-order valence-corrected chi connectivity index (χ2v) is 6.22. The van der Waals surface area contributed by atoms with Crippen molar-refractivity contribution in [3.63, 3.8) is 0 Å². The van der Waals surface area contributed by atoms with E-state index in [-0.39, 0.29) is 12.2 Å². The predicted molar refractivity (Wildman–Crippen MR) is 83.4 cm³/mol. The third-order valence-electron chi connectivity index (χ3n) is 5.01. The van der Waals surface area contributed by atoms with Gasteiger partial charge < -0.3 is 24.2 Å². The van der Waals surface area contributed by atoms with Crippen molar-refractivity contribution in [1.29, 1.82) is 0 Å². The zero-order valence-electron chi connectivity index (χ0n) is 13.4. The Bertz CT molecular complexity index is 486. The van der Waals surface area contributed by atoms with Gasteiger partial charge in [0, 0.05) is 12.0 Å². The molecular formula is C17H25NO4. The molecule has 122 valence electrons. The lowest BCUT2D eigenvalue weighted by molar-refractivity contribution is 0.0861. The molecule has 0 radical (unpaired) electrons. The van der Waals surface area contributed by atoms with E-state index in [2.05, 4.69) is 11.9 Å². The Balaban J connectivity index is 0.000000134. The summed E-state index contributed by atoms with van der Waals surface area (Å²) in [5.41, 5.74) is 0. The number of ether oxygens (including phenoxy) is 3. The van der Waals surface area contributed by atoms with Crippen LogP contribution < -0.4 is 9.47 Å². The van der Waals surface area contributed by atoms with E-state index >= 15 is 0 Å². The summed E-state index contributed by atoms with van der Waals surface area (Å²) < 4.78 is 15.5.